The van der Waals surface area contributed by atoms with E-state index in [1.807, 2.05) is 37.3 Å². The maximum atomic E-state index is 5.77. The molecule has 0 bridgehead atoms. The van der Waals surface area contributed by atoms with Crippen molar-refractivity contribution in [3.8, 4) is 22.6 Å². The molecule has 140 valence electrons. The van der Waals surface area contributed by atoms with E-state index in [1.54, 1.807) is 6.20 Å². The van der Waals surface area contributed by atoms with E-state index in [0.29, 0.717) is 18.3 Å². The first-order chi connectivity index (χ1) is 13.1. The van der Waals surface area contributed by atoms with Crippen molar-refractivity contribution in [2.24, 2.45) is 0 Å². The monoisotopic (exact) mass is 365 g/mol. The molecule has 0 saturated carbocycles. The zero-order valence-corrected chi connectivity index (χ0v) is 15.8. The van der Waals surface area contributed by atoms with E-state index in [-0.39, 0.29) is 12.2 Å². The van der Waals surface area contributed by atoms with Crippen LogP contribution in [-0.4, -0.2) is 50.3 Å². The molecule has 7 nitrogen and oxygen atoms in total. The van der Waals surface area contributed by atoms with Crippen molar-refractivity contribution in [3.63, 3.8) is 0 Å². The van der Waals surface area contributed by atoms with Gasteiger partial charge in [0.2, 0.25) is 11.7 Å². The summed E-state index contributed by atoms with van der Waals surface area (Å²) in [6, 6.07) is 9.89. The molecule has 0 spiro atoms. The van der Waals surface area contributed by atoms with Gasteiger partial charge in [-0.3, -0.25) is 4.90 Å². The second kappa shape index (κ2) is 7.54. The summed E-state index contributed by atoms with van der Waals surface area (Å²) >= 11 is 0. The molecule has 1 fully saturated rings. The fraction of sp³-hybridized carbons (Fsp3) is 0.400. The van der Waals surface area contributed by atoms with Crippen LogP contribution in [0.3, 0.4) is 0 Å². The third-order valence-corrected chi connectivity index (χ3v) is 4.51. The molecular formula is C20H23N5O2. The van der Waals surface area contributed by atoms with Gasteiger partial charge in [0.05, 0.1) is 24.4 Å². The predicted octanol–water partition coefficient (Wildman–Crippen LogP) is 3.11. The lowest BCUT2D eigenvalue weighted by atomic mass is 10.1. The molecule has 7 heteroatoms. The highest BCUT2D eigenvalue weighted by Crippen LogP contribution is 2.24. The van der Waals surface area contributed by atoms with Crippen LogP contribution in [0.25, 0.3) is 22.6 Å². The van der Waals surface area contributed by atoms with Crippen molar-refractivity contribution in [1.82, 2.24) is 25.0 Å². The molecular weight excluding hydrogens is 342 g/mol. The summed E-state index contributed by atoms with van der Waals surface area (Å²) in [4.78, 5) is 15.5. The lowest BCUT2D eigenvalue weighted by molar-refractivity contribution is -0.0725. The number of ether oxygens (including phenoxy) is 1. The van der Waals surface area contributed by atoms with Crippen LogP contribution in [-0.2, 0) is 11.3 Å². The summed E-state index contributed by atoms with van der Waals surface area (Å²) in [5.41, 5.74) is 2.78. The molecule has 2 aromatic heterocycles. The molecule has 3 aromatic rings. The van der Waals surface area contributed by atoms with Gasteiger partial charge < -0.3 is 9.26 Å². The highest BCUT2D eigenvalue weighted by Gasteiger charge is 2.24. The van der Waals surface area contributed by atoms with Crippen molar-refractivity contribution in [3.05, 3.63) is 48.2 Å². The average molecular weight is 365 g/mol. The Balaban J connectivity index is 1.52. The maximum Gasteiger partial charge on any atom is 0.241 e. The second-order valence-corrected chi connectivity index (χ2v) is 7.03. The highest BCUT2D eigenvalue weighted by molar-refractivity contribution is 5.67. The van der Waals surface area contributed by atoms with Gasteiger partial charge in [-0.25, -0.2) is 9.97 Å². The Hall–Kier alpha value is -2.64. The molecule has 1 aliphatic heterocycles. The second-order valence-electron chi connectivity index (χ2n) is 7.03. The van der Waals surface area contributed by atoms with Crippen molar-refractivity contribution in [2.45, 2.75) is 39.5 Å². The molecule has 4 rings (SSSR count). The van der Waals surface area contributed by atoms with Crippen LogP contribution in [0.1, 0.15) is 25.6 Å². The Morgan fingerprint density at radius 1 is 1.07 bits per heavy atom. The molecule has 1 aliphatic rings. The zero-order chi connectivity index (χ0) is 18.8. The first kappa shape index (κ1) is 17.8. The van der Waals surface area contributed by atoms with Gasteiger partial charge in [-0.2, -0.15) is 4.98 Å². The first-order valence-electron chi connectivity index (χ1n) is 9.17. The van der Waals surface area contributed by atoms with E-state index >= 15 is 0 Å². The molecule has 0 aliphatic carbocycles. The Morgan fingerprint density at radius 2 is 1.85 bits per heavy atom. The van der Waals surface area contributed by atoms with Crippen LogP contribution in [0.2, 0.25) is 0 Å². The molecule has 1 aromatic carbocycles. The van der Waals surface area contributed by atoms with Gasteiger partial charge in [-0.05, 0) is 32.9 Å². The Morgan fingerprint density at radius 3 is 2.63 bits per heavy atom. The van der Waals surface area contributed by atoms with E-state index < -0.39 is 0 Å². The van der Waals surface area contributed by atoms with E-state index in [2.05, 4.69) is 38.9 Å². The van der Waals surface area contributed by atoms with Gasteiger partial charge >= 0.3 is 0 Å². The summed E-state index contributed by atoms with van der Waals surface area (Å²) in [5, 5.41) is 4.17. The first-order valence-corrected chi connectivity index (χ1v) is 9.17. The normalized spacial score (nSPS) is 20.7. The Kier molecular flexibility index (Phi) is 4.96. The minimum absolute atomic E-state index is 0.212. The lowest BCUT2D eigenvalue weighted by Gasteiger charge is -2.34. The number of aromatic nitrogens is 4. The van der Waals surface area contributed by atoms with Gasteiger partial charge in [0.15, 0.2) is 0 Å². The number of hydrogen-bond donors (Lipinski definition) is 0. The van der Waals surface area contributed by atoms with E-state index in [4.69, 9.17) is 9.26 Å². The van der Waals surface area contributed by atoms with Gasteiger partial charge in [0.25, 0.3) is 0 Å². The van der Waals surface area contributed by atoms with Gasteiger partial charge in [0, 0.05) is 30.4 Å². The number of aryl methyl sites for hydroxylation is 1. The predicted molar refractivity (Wildman–Crippen MR) is 101 cm³/mol. The number of morpholine rings is 1. The molecule has 27 heavy (non-hydrogen) atoms. The summed E-state index contributed by atoms with van der Waals surface area (Å²) < 4.78 is 11.3. The number of rotatable bonds is 4. The van der Waals surface area contributed by atoms with E-state index in [0.717, 1.165) is 35.7 Å². The third kappa shape index (κ3) is 4.20. The van der Waals surface area contributed by atoms with Gasteiger partial charge in [0.1, 0.15) is 5.82 Å². The summed E-state index contributed by atoms with van der Waals surface area (Å²) in [6.45, 7) is 8.42. The average Bonchev–Trinajstić information content (AvgIpc) is 3.09. The van der Waals surface area contributed by atoms with Crippen LogP contribution in [0.5, 0.6) is 0 Å². The van der Waals surface area contributed by atoms with Crippen molar-refractivity contribution in [2.75, 3.05) is 13.1 Å². The summed E-state index contributed by atoms with van der Waals surface area (Å²) in [6.07, 6.45) is 2.19. The summed E-state index contributed by atoms with van der Waals surface area (Å²) in [5.74, 6) is 1.95. The molecule has 3 heterocycles. The third-order valence-electron chi connectivity index (χ3n) is 4.51. The zero-order valence-electron chi connectivity index (χ0n) is 15.8. The molecule has 0 amide bonds. The van der Waals surface area contributed by atoms with Crippen molar-refractivity contribution in [1.29, 1.82) is 0 Å². The SMILES string of the molecule is Cc1nccc(-c2cccc(-c3noc(CN4C[C@H](C)O[C@@H](C)C4)n3)c2)n1. The van der Waals surface area contributed by atoms with Crippen LogP contribution >= 0.6 is 0 Å². The molecule has 2 atom stereocenters. The number of hydrogen-bond acceptors (Lipinski definition) is 7. The minimum Gasteiger partial charge on any atom is -0.373 e. The van der Waals surface area contributed by atoms with Crippen LogP contribution in [0.4, 0.5) is 0 Å². The Labute approximate surface area is 158 Å². The fourth-order valence-corrected chi connectivity index (χ4v) is 3.48. The number of nitrogens with zero attached hydrogens (tertiary/aromatic N) is 5. The quantitative estimate of drug-likeness (QED) is 0.703. The fourth-order valence-electron chi connectivity index (χ4n) is 3.48. The van der Waals surface area contributed by atoms with Gasteiger partial charge in [-0.1, -0.05) is 23.4 Å². The lowest BCUT2D eigenvalue weighted by Crippen LogP contribution is -2.44. The maximum absolute atomic E-state index is 5.77. The molecule has 0 N–H and O–H groups in total. The van der Waals surface area contributed by atoms with Crippen LogP contribution < -0.4 is 0 Å². The standard InChI is InChI=1S/C20H23N5O2/c1-13-10-25(11-14(2)26-13)12-19-23-20(24-27-19)17-6-4-5-16(9-17)18-7-8-21-15(3)22-18/h4-9,13-14H,10-12H2,1-3H3/t13-,14-/m0/s1. The van der Waals surface area contributed by atoms with E-state index in [9.17, 15) is 0 Å². The van der Waals surface area contributed by atoms with E-state index in [1.165, 1.54) is 0 Å². The summed E-state index contributed by atoms with van der Waals surface area (Å²) in [7, 11) is 0. The van der Waals surface area contributed by atoms with Crippen LogP contribution in [0.15, 0.2) is 41.1 Å². The smallest absolute Gasteiger partial charge is 0.241 e. The van der Waals surface area contributed by atoms with Gasteiger partial charge in [-0.15, -0.1) is 0 Å². The van der Waals surface area contributed by atoms with Crippen molar-refractivity contribution >= 4 is 0 Å². The molecule has 0 radical (unpaired) electrons. The highest BCUT2D eigenvalue weighted by atomic mass is 16.5. The van der Waals surface area contributed by atoms with Crippen LogP contribution in [0, 0.1) is 6.92 Å². The Bertz CT molecular complexity index is 916. The molecule has 0 unspecified atom stereocenters. The topological polar surface area (TPSA) is 77.2 Å². The van der Waals surface area contributed by atoms with Crippen molar-refractivity contribution < 1.29 is 9.26 Å². The largest absolute Gasteiger partial charge is 0.373 e. The number of benzene rings is 1. The molecule has 1 saturated heterocycles. The minimum atomic E-state index is 0.212.